The van der Waals surface area contributed by atoms with Gasteiger partial charge in [-0.1, -0.05) is 0 Å². The molecule has 0 aliphatic carbocycles. The van der Waals surface area contributed by atoms with Gasteiger partial charge >= 0.3 is 0 Å². The Morgan fingerprint density at radius 3 is 2.59 bits per heavy atom. The number of hydrogen-bond acceptors (Lipinski definition) is 3. The highest BCUT2D eigenvalue weighted by Crippen LogP contribution is 2.23. The lowest BCUT2D eigenvalue weighted by Crippen LogP contribution is -2.61. The van der Waals surface area contributed by atoms with Gasteiger partial charge in [0.1, 0.15) is 0 Å². The molecule has 2 rings (SSSR count). The molecular weight excluding hydrogens is 210 g/mol. The first kappa shape index (κ1) is 11.9. The Morgan fingerprint density at radius 1 is 1.35 bits per heavy atom. The van der Waals surface area contributed by atoms with E-state index in [0.29, 0.717) is 6.04 Å². The van der Waals surface area contributed by atoms with Crippen LogP contribution in [0.25, 0.3) is 0 Å². The lowest BCUT2D eigenvalue weighted by Gasteiger charge is -2.44. The van der Waals surface area contributed by atoms with Gasteiger partial charge in [-0.05, 0) is 45.0 Å². The zero-order valence-electron chi connectivity index (χ0n) is 10.7. The van der Waals surface area contributed by atoms with Crippen molar-refractivity contribution in [2.75, 3.05) is 18.0 Å². The SMILES string of the molecule is CC1CNC(C)(C)CN1c1ccc(C#N)cc1. The molecule has 0 bridgehead atoms. The van der Waals surface area contributed by atoms with Crippen molar-refractivity contribution in [1.29, 1.82) is 5.26 Å². The molecule has 3 nitrogen and oxygen atoms in total. The Morgan fingerprint density at radius 2 is 2.00 bits per heavy atom. The molecule has 1 aliphatic heterocycles. The Kier molecular flexibility index (Phi) is 3.08. The molecular formula is C14H19N3. The molecule has 0 spiro atoms. The van der Waals surface area contributed by atoms with Gasteiger partial charge in [0, 0.05) is 30.4 Å². The van der Waals surface area contributed by atoms with Crippen LogP contribution in [0.2, 0.25) is 0 Å². The molecule has 0 saturated carbocycles. The lowest BCUT2D eigenvalue weighted by atomic mass is 9.98. The van der Waals surface area contributed by atoms with Crippen LogP contribution < -0.4 is 10.2 Å². The molecule has 1 N–H and O–H groups in total. The molecule has 1 heterocycles. The van der Waals surface area contributed by atoms with Gasteiger partial charge in [-0.3, -0.25) is 0 Å². The number of benzene rings is 1. The summed E-state index contributed by atoms with van der Waals surface area (Å²) in [6.07, 6.45) is 0. The zero-order chi connectivity index (χ0) is 12.5. The lowest BCUT2D eigenvalue weighted by molar-refractivity contribution is 0.318. The molecule has 1 atom stereocenters. The summed E-state index contributed by atoms with van der Waals surface area (Å²) in [6.45, 7) is 8.64. The van der Waals surface area contributed by atoms with E-state index in [-0.39, 0.29) is 5.54 Å². The largest absolute Gasteiger partial charge is 0.366 e. The third kappa shape index (κ3) is 2.59. The van der Waals surface area contributed by atoms with E-state index in [1.54, 1.807) is 0 Å². The molecule has 0 radical (unpaired) electrons. The molecule has 0 aromatic heterocycles. The maximum atomic E-state index is 8.80. The van der Waals surface area contributed by atoms with Crippen LogP contribution in [0.1, 0.15) is 26.3 Å². The molecule has 1 aliphatic rings. The molecule has 17 heavy (non-hydrogen) atoms. The van der Waals surface area contributed by atoms with Gasteiger partial charge in [-0.2, -0.15) is 5.26 Å². The molecule has 1 aromatic rings. The first-order valence-corrected chi connectivity index (χ1v) is 6.04. The minimum Gasteiger partial charge on any atom is -0.366 e. The first-order chi connectivity index (χ1) is 8.02. The number of nitrogens with one attached hydrogen (secondary N) is 1. The summed E-state index contributed by atoms with van der Waals surface area (Å²) in [5, 5.41) is 12.3. The number of anilines is 1. The Balaban J connectivity index is 2.22. The topological polar surface area (TPSA) is 39.1 Å². The van der Waals surface area contributed by atoms with E-state index in [0.717, 1.165) is 18.7 Å². The van der Waals surface area contributed by atoms with Gasteiger partial charge in [-0.25, -0.2) is 0 Å². The summed E-state index contributed by atoms with van der Waals surface area (Å²) < 4.78 is 0. The van der Waals surface area contributed by atoms with Crippen LogP contribution in [0, 0.1) is 11.3 Å². The van der Waals surface area contributed by atoms with E-state index in [2.05, 4.69) is 37.1 Å². The molecule has 1 unspecified atom stereocenters. The molecule has 1 saturated heterocycles. The smallest absolute Gasteiger partial charge is 0.0991 e. The monoisotopic (exact) mass is 229 g/mol. The van der Waals surface area contributed by atoms with Crippen molar-refractivity contribution < 1.29 is 0 Å². The van der Waals surface area contributed by atoms with Crippen LogP contribution in [-0.2, 0) is 0 Å². The van der Waals surface area contributed by atoms with E-state index in [9.17, 15) is 0 Å². The van der Waals surface area contributed by atoms with Crippen LogP contribution in [0.5, 0.6) is 0 Å². The minimum atomic E-state index is 0.139. The Hall–Kier alpha value is -1.53. The summed E-state index contributed by atoms with van der Waals surface area (Å²) in [7, 11) is 0. The van der Waals surface area contributed by atoms with E-state index < -0.39 is 0 Å². The molecule has 3 heteroatoms. The van der Waals surface area contributed by atoms with Gasteiger partial charge in [0.15, 0.2) is 0 Å². The van der Waals surface area contributed by atoms with Crippen molar-refractivity contribution in [1.82, 2.24) is 5.32 Å². The van der Waals surface area contributed by atoms with Crippen molar-refractivity contribution in [3.05, 3.63) is 29.8 Å². The van der Waals surface area contributed by atoms with Crippen LogP contribution in [0.15, 0.2) is 24.3 Å². The van der Waals surface area contributed by atoms with Gasteiger partial charge in [0.05, 0.1) is 11.6 Å². The van der Waals surface area contributed by atoms with Crippen LogP contribution in [-0.4, -0.2) is 24.7 Å². The highest BCUT2D eigenvalue weighted by molar-refractivity contribution is 5.51. The standard InChI is InChI=1S/C14H19N3/c1-11-9-16-14(2,3)10-17(11)13-6-4-12(8-15)5-7-13/h4-7,11,16H,9-10H2,1-3H3. The fourth-order valence-electron chi connectivity index (χ4n) is 2.24. The normalized spacial score (nSPS) is 23.2. The summed E-state index contributed by atoms with van der Waals surface area (Å²) in [6, 6.07) is 10.5. The summed E-state index contributed by atoms with van der Waals surface area (Å²) in [5.74, 6) is 0. The van der Waals surface area contributed by atoms with Crippen molar-refractivity contribution in [3.63, 3.8) is 0 Å². The fourth-order valence-corrected chi connectivity index (χ4v) is 2.24. The summed E-state index contributed by atoms with van der Waals surface area (Å²) in [4.78, 5) is 2.40. The van der Waals surface area contributed by atoms with Crippen molar-refractivity contribution in [2.24, 2.45) is 0 Å². The second-order valence-corrected chi connectivity index (χ2v) is 5.40. The number of nitriles is 1. The third-order valence-electron chi connectivity index (χ3n) is 3.30. The quantitative estimate of drug-likeness (QED) is 0.802. The number of hydrogen-bond donors (Lipinski definition) is 1. The second kappa shape index (κ2) is 4.38. The number of rotatable bonds is 1. The van der Waals surface area contributed by atoms with Gasteiger partial charge in [0.25, 0.3) is 0 Å². The van der Waals surface area contributed by atoms with Crippen LogP contribution in [0.4, 0.5) is 5.69 Å². The predicted octanol–water partition coefficient (Wildman–Crippen LogP) is 2.13. The van der Waals surface area contributed by atoms with E-state index in [4.69, 9.17) is 5.26 Å². The predicted molar refractivity (Wildman–Crippen MR) is 70.0 cm³/mol. The van der Waals surface area contributed by atoms with Crippen molar-refractivity contribution in [2.45, 2.75) is 32.4 Å². The fraction of sp³-hybridized carbons (Fsp3) is 0.500. The van der Waals surface area contributed by atoms with Crippen LogP contribution in [0.3, 0.4) is 0 Å². The zero-order valence-corrected chi connectivity index (χ0v) is 10.7. The first-order valence-electron chi connectivity index (χ1n) is 6.04. The van der Waals surface area contributed by atoms with Crippen molar-refractivity contribution in [3.8, 4) is 6.07 Å². The second-order valence-electron chi connectivity index (χ2n) is 5.40. The van der Waals surface area contributed by atoms with Gasteiger partial charge in [0.2, 0.25) is 0 Å². The average molecular weight is 229 g/mol. The number of piperazine rings is 1. The van der Waals surface area contributed by atoms with E-state index in [1.165, 1.54) is 5.69 Å². The Bertz CT molecular complexity index is 428. The van der Waals surface area contributed by atoms with E-state index >= 15 is 0 Å². The van der Waals surface area contributed by atoms with Gasteiger partial charge in [-0.15, -0.1) is 0 Å². The molecule has 1 fully saturated rings. The van der Waals surface area contributed by atoms with Crippen LogP contribution >= 0.6 is 0 Å². The summed E-state index contributed by atoms with van der Waals surface area (Å²) in [5.41, 5.74) is 2.06. The minimum absolute atomic E-state index is 0.139. The molecule has 1 aromatic carbocycles. The molecule has 90 valence electrons. The maximum Gasteiger partial charge on any atom is 0.0991 e. The molecule has 0 amide bonds. The highest BCUT2D eigenvalue weighted by Gasteiger charge is 2.30. The maximum absolute atomic E-state index is 8.80. The third-order valence-corrected chi connectivity index (χ3v) is 3.30. The van der Waals surface area contributed by atoms with E-state index in [1.807, 2.05) is 24.3 Å². The Labute approximate surface area is 103 Å². The van der Waals surface area contributed by atoms with Crippen molar-refractivity contribution >= 4 is 5.69 Å². The van der Waals surface area contributed by atoms with Gasteiger partial charge < -0.3 is 10.2 Å². The number of nitrogens with zero attached hydrogens (tertiary/aromatic N) is 2. The highest BCUT2D eigenvalue weighted by atomic mass is 15.2. The average Bonchev–Trinajstić information content (AvgIpc) is 2.33. The summed E-state index contributed by atoms with van der Waals surface area (Å²) >= 11 is 0.